The van der Waals surface area contributed by atoms with Crippen LogP contribution in [-0.2, 0) is 9.68 Å². The quantitative estimate of drug-likeness (QED) is 0.153. The fourth-order valence-corrected chi connectivity index (χ4v) is 2.79. The number of ether oxygens (including phenoxy) is 1. The molecule has 0 aliphatic heterocycles. The smallest absolute Gasteiger partial charge is 1.00 e. The third-order valence-electron chi connectivity index (χ3n) is 3.36. The van der Waals surface area contributed by atoms with E-state index in [0.717, 1.165) is 20.4 Å². The molecule has 4 aromatic rings. The fourth-order valence-electron chi connectivity index (χ4n) is 2.04. The van der Waals surface area contributed by atoms with E-state index in [1.165, 1.54) is 12.1 Å². The van der Waals surface area contributed by atoms with E-state index in [1.807, 2.05) is 60.7 Å². The largest absolute Gasteiger partial charge is 1.00 e. The number of para-hydroxylation sites is 2. The Balaban J connectivity index is -0.000000430. The Morgan fingerprint density at radius 2 is 1.20 bits per heavy atom. The van der Waals surface area contributed by atoms with Crippen LogP contribution >= 0.6 is 31.9 Å². The average Bonchev–Trinajstić information content (AvgIpc) is 2.81. The summed E-state index contributed by atoms with van der Waals surface area (Å²) in [6, 6.07) is 32.5. The molecule has 0 aliphatic rings. The Bertz CT molecular complexity index is 1050. The summed E-state index contributed by atoms with van der Waals surface area (Å²) in [6.07, 6.45) is 0. The number of hydrogen-bond acceptors (Lipinski definition) is 5. The molecule has 0 radical (unpaired) electrons. The van der Waals surface area contributed by atoms with Crippen molar-refractivity contribution in [2.24, 2.45) is 0 Å². The monoisotopic (exact) mass is 656 g/mol. The molecule has 0 bridgehead atoms. The maximum Gasteiger partial charge on any atom is 1.00 e. The van der Waals surface area contributed by atoms with Gasteiger partial charge in [-0.05, 0) is 60.7 Å². The van der Waals surface area contributed by atoms with Crippen LogP contribution in [-0.4, -0.2) is 11.6 Å². The van der Waals surface area contributed by atoms with Crippen molar-refractivity contribution in [2.45, 2.75) is 0 Å². The van der Waals surface area contributed by atoms with Gasteiger partial charge in [0.2, 0.25) is 0 Å². The molecular weight excluding hydrogens is 637 g/mol. The van der Waals surface area contributed by atoms with Crippen LogP contribution < -0.4 is 113 Å². The number of rotatable bonds is 3. The number of carbonyl (C=O) groups is 1. The van der Waals surface area contributed by atoms with E-state index in [0.29, 0.717) is 5.75 Å². The van der Waals surface area contributed by atoms with Gasteiger partial charge in [-0.25, -0.2) is 4.39 Å². The Kier molecular flexibility index (Phi) is 26.0. The number of hydrogen-bond donors (Lipinski definition) is 1. The second kappa shape index (κ2) is 24.4. The normalized spacial score (nSPS) is 8.34. The van der Waals surface area contributed by atoms with E-state index in [2.05, 4.69) is 36.7 Å². The molecular formula is C25H21Br2FK2O5. The van der Waals surface area contributed by atoms with Crippen molar-refractivity contribution in [1.82, 2.24) is 0 Å². The van der Waals surface area contributed by atoms with Crippen molar-refractivity contribution in [1.29, 1.82) is 0 Å². The molecule has 0 atom stereocenters. The van der Waals surface area contributed by atoms with Gasteiger partial charge in [0.25, 0.3) is 6.47 Å². The van der Waals surface area contributed by atoms with Gasteiger partial charge in [0.05, 0.1) is 0 Å². The summed E-state index contributed by atoms with van der Waals surface area (Å²) >= 11 is 6.52. The molecule has 0 saturated heterocycles. The van der Waals surface area contributed by atoms with Crippen molar-refractivity contribution >= 4 is 38.3 Å². The summed E-state index contributed by atoms with van der Waals surface area (Å²) in [6.45, 7) is -0.181. The SMILES string of the molecule is Brc1cccc(Oc2ccccc2)c1.Fc1cccc(Br)c1.O=CO[O-].Oc1ccccc1.[H-].[K+].[K+]. The summed E-state index contributed by atoms with van der Waals surface area (Å²) in [5.41, 5.74) is 0. The zero-order chi connectivity index (χ0) is 24.3. The van der Waals surface area contributed by atoms with Crippen molar-refractivity contribution in [2.75, 3.05) is 0 Å². The predicted octanol–water partition coefficient (Wildman–Crippen LogP) is 0.777. The van der Waals surface area contributed by atoms with Gasteiger partial charge in [0.1, 0.15) is 23.1 Å². The van der Waals surface area contributed by atoms with E-state index in [1.54, 1.807) is 36.4 Å². The summed E-state index contributed by atoms with van der Waals surface area (Å²) in [4.78, 5) is 11.2. The first-order chi connectivity index (χ1) is 15.9. The van der Waals surface area contributed by atoms with Crippen LogP contribution in [0, 0.1) is 5.82 Å². The van der Waals surface area contributed by atoms with Gasteiger partial charge in [0.15, 0.2) is 0 Å². The Hall–Kier alpha value is 0.0727. The van der Waals surface area contributed by atoms with Gasteiger partial charge in [0, 0.05) is 8.95 Å². The molecule has 0 heterocycles. The number of phenolic OH excluding ortho intramolecular Hbond substituents is 1. The molecule has 5 nitrogen and oxygen atoms in total. The van der Waals surface area contributed by atoms with Crippen molar-refractivity contribution in [3.8, 4) is 17.2 Å². The van der Waals surface area contributed by atoms with Crippen LogP contribution in [0.4, 0.5) is 4.39 Å². The maximum atomic E-state index is 12.1. The molecule has 0 fully saturated rings. The van der Waals surface area contributed by atoms with Crippen LogP contribution in [0.15, 0.2) is 118 Å². The van der Waals surface area contributed by atoms with Crippen molar-refractivity contribution in [3.05, 3.63) is 124 Å². The van der Waals surface area contributed by atoms with Crippen LogP contribution in [0.25, 0.3) is 0 Å². The van der Waals surface area contributed by atoms with Crippen LogP contribution in [0.2, 0.25) is 0 Å². The zero-order valence-electron chi connectivity index (χ0n) is 20.2. The molecule has 1 N–H and O–H groups in total. The Morgan fingerprint density at radius 1 is 0.743 bits per heavy atom. The van der Waals surface area contributed by atoms with Crippen LogP contribution in [0.1, 0.15) is 1.43 Å². The fraction of sp³-hybridized carbons (Fsp3) is 0. The van der Waals surface area contributed by atoms with Gasteiger partial charge >= 0.3 is 103 Å². The summed E-state index contributed by atoms with van der Waals surface area (Å²) in [7, 11) is 0. The number of phenols is 1. The number of halogens is 3. The number of benzene rings is 4. The molecule has 10 heteroatoms. The van der Waals surface area contributed by atoms with Crippen molar-refractivity contribution in [3.63, 3.8) is 0 Å². The average molecular weight is 658 g/mol. The van der Waals surface area contributed by atoms with Gasteiger partial charge in [-0.2, -0.15) is 0 Å². The van der Waals surface area contributed by atoms with E-state index < -0.39 is 0 Å². The second-order valence-electron chi connectivity index (χ2n) is 5.84. The van der Waals surface area contributed by atoms with Crippen molar-refractivity contribution < 1.29 is 133 Å². The number of aromatic hydroxyl groups is 1. The summed E-state index contributed by atoms with van der Waals surface area (Å²) in [5, 5.41) is 17.1. The van der Waals surface area contributed by atoms with Gasteiger partial charge in [-0.15, -0.1) is 0 Å². The zero-order valence-corrected chi connectivity index (χ0v) is 28.6. The van der Waals surface area contributed by atoms with E-state index in [9.17, 15) is 4.39 Å². The van der Waals surface area contributed by atoms with E-state index in [4.69, 9.17) is 19.9 Å². The van der Waals surface area contributed by atoms with Crippen LogP contribution in [0.5, 0.6) is 17.2 Å². The van der Waals surface area contributed by atoms with E-state index in [-0.39, 0.29) is 116 Å². The van der Waals surface area contributed by atoms with Gasteiger partial charge in [-0.1, -0.05) is 80.4 Å². The number of carbonyl (C=O) groups excluding carboxylic acids is 1. The predicted molar refractivity (Wildman–Crippen MR) is 131 cm³/mol. The third-order valence-corrected chi connectivity index (χ3v) is 4.34. The molecule has 0 saturated carbocycles. The molecule has 35 heavy (non-hydrogen) atoms. The second-order valence-corrected chi connectivity index (χ2v) is 7.67. The first kappa shape index (κ1) is 37.2. The molecule has 4 aromatic carbocycles. The van der Waals surface area contributed by atoms with Gasteiger partial charge < -0.3 is 21.4 Å². The molecule has 174 valence electrons. The van der Waals surface area contributed by atoms with E-state index >= 15 is 0 Å². The minimum Gasteiger partial charge on any atom is -1.00 e. The van der Waals surface area contributed by atoms with Gasteiger partial charge in [-0.3, -0.25) is 4.79 Å². The maximum absolute atomic E-state index is 12.1. The van der Waals surface area contributed by atoms with Crippen LogP contribution in [0.3, 0.4) is 0 Å². The topological polar surface area (TPSA) is 78.8 Å². The standard InChI is InChI=1S/C12H9BrO.C6H4BrF.C6H6O.CH2O3.2K.H/c13-10-5-4-8-12(9-10)14-11-6-2-1-3-7-11;7-5-2-1-3-6(8)4-5;7-6-4-2-1-3-5-6;2-1-4-3;;;/h1-9H;1-4H;1-5,7H;1,3H;;;/q;;;;2*+1;-1/p-1. The molecule has 0 spiro atoms. The minimum absolute atomic E-state index is 0. The minimum atomic E-state index is -0.209. The summed E-state index contributed by atoms with van der Waals surface area (Å²) in [5.74, 6) is 1.80. The summed E-state index contributed by atoms with van der Waals surface area (Å²) < 4.78 is 19.6. The molecule has 4 rings (SSSR count). The molecule has 0 aliphatic carbocycles. The Morgan fingerprint density at radius 3 is 1.57 bits per heavy atom. The molecule has 0 aromatic heterocycles. The first-order valence-corrected chi connectivity index (χ1v) is 10.9. The Labute approximate surface area is 307 Å². The first-order valence-electron chi connectivity index (χ1n) is 9.30. The molecule has 0 amide bonds. The third kappa shape index (κ3) is 20.8. The molecule has 0 unspecified atom stereocenters.